The third-order valence-corrected chi connectivity index (χ3v) is 4.04. The van der Waals surface area contributed by atoms with Crippen LogP contribution in [-0.4, -0.2) is 35.8 Å². The molecule has 0 radical (unpaired) electrons. The minimum Gasteiger partial charge on any atom is -0.385 e. The Morgan fingerprint density at radius 3 is 2.83 bits per heavy atom. The van der Waals surface area contributed by atoms with Crippen molar-refractivity contribution in [3.8, 4) is 0 Å². The van der Waals surface area contributed by atoms with E-state index in [-0.39, 0.29) is 6.03 Å². The number of hydrogen-bond donors (Lipinski definition) is 1. The van der Waals surface area contributed by atoms with Crippen molar-refractivity contribution in [2.75, 3.05) is 25.6 Å². The lowest BCUT2D eigenvalue weighted by Gasteiger charge is -2.23. The number of amides is 2. The zero-order chi connectivity index (χ0) is 16.7. The first-order valence-electron chi connectivity index (χ1n) is 7.51. The number of halogens is 1. The van der Waals surface area contributed by atoms with E-state index in [9.17, 15) is 4.79 Å². The smallest absolute Gasteiger partial charge is 0.322 e. The monoisotopic (exact) mass is 379 g/mol. The van der Waals surface area contributed by atoms with Crippen molar-refractivity contribution in [3.05, 3.63) is 52.8 Å². The summed E-state index contributed by atoms with van der Waals surface area (Å²) in [5, 5.41) is 2.95. The molecular weight excluding hydrogens is 358 g/mol. The Balaban J connectivity index is 2.05. The summed E-state index contributed by atoms with van der Waals surface area (Å²) in [6.45, 7) is 1.83. The maximum absolute atomic E-state index is 12.6. The quantitative estimate of drug-likeness (QED) is 0.742. The van der Waals surface area contributed by atoms with E-state index in [4.69, 9.17) is 4.74 Å². The zero-order valence-electron chi connectivity index (χ0n) is 13.5. The van der Waals surface area contributed by atoms with Crippen LogP contribution in [0.3, 0.4) is 0 Å². The van der Waals surface area contributed by atoms with Crippen LogP contribution in [0.2, 0.25) is 0 Å². The summed E-state index contributed by atoms with van der Waals surface area (Å²) >= 11 is 3.41. The fourth-order valence-corrected chi connectivity index (χ4v) is 2.68. The highest BCUT2D eigenvalue weighted by Gasteiger charge is 2.15. The number of aryl methyl sites for hydroxylation is 1. The Morgan fingerprint density at radius 2 is 2.17 bits per heavy atom. The number of nitrogens with one attached hydrogen (secondary N) is 1. The summed E-state index contributed by atoms with van der Waals surface area (Å²) in [7, 11) is 3.65. The van der Waals surface area contributed by atoms with E-state index in [1.807, 2.05) is 54.2 Å². The number of anilines is 1. The first kappa shape index (κ1) is 17.6. The predicted octanol–water partition coefficient (Wildman–Crippen LogP) is 3.86. The van der Waals surface area contributed by atoms with Gasteiger partial charge in [0, 0.05) is 49.4 Å². The number of methoxy groups -OCH3 is 1. The van der Waals surface area contributed by atoms with Crippen molar-refractivity contribution in [1.82, 2.24) is 9.47 Å². The zero-order valence-corrected chi connectivity index (χ0v) is 15.0. The van der Waals surface area contributed by atoms with Gasteiger partial charge in [-0.3, -0.25) is 0 Å². The Morgan fingerprint density at radius 1 is 1.35 bits per heavy atom. The molecule has 0 atom stereocenters. The van der Waals surface area contributed by atoms with Gasteiger partial charge in [0.15, 0.2) is 0 Å². The van der Waals surface area contributed by atoms with Crippen LogP contribution in [0.15, 0.2) is 47.1 Å². The number of hydrogen-bond acceptors (Lipinski definition) is 2. The lowest BCUT2D eigenvalue weighted by atomic mass is 10.3. The molecule has 0 bridgehead atoms. The molecule has 2 amide bonds. The van der Waals surface area contributed by atoms with Gasteiger partial charge in [-0.05, 0) is 36.8 Å². The number of carbonyl (C=O) groups excluding carboxylic acids is 1. The summed E-state index contributed by atoms with van der Waals surface area (Å²) in [6, 6.07) is 11.5. The van der Waals surface area contributed by atoms with Crippen LogP contribution in [0.4, 0.5) is 10.5 Å². The number of aromatic nitrogens is 1. The van der Waals surface area contributed by atoms with Crippen molar-refractivity contribution in [2.24, 2.45) is 7.05 Å². The molecule has 1 heterocycles. The molecule has 1 aromatic carbocycles. The Bertz CT molecular complexity index is 642. The molecule has 2 aromatic rings. The molecule has 0 saturated heterocycles. The van der Waals surface area contributed by atoms with Crippen LogP contribution in [0.25, 0.3) is 0 Å². The minimum absolute atomic E-state index is 0.111. The van der Waals surface area contributed by atoms with Crippen LogP contribution in [-0.2, 0) is 18.3 Å². The van der Waals surface area contributed by atoms with E-state index in [0.29, 0.717) is 19.7 Å². The Hall–Kier alpha value is -1.79. The van der Waals surface area contributed by atoms with Crippen LogP contribution in [0.5, 0.6) is 0 Å². The number of nitrogens with zero attached hydrogens (tertiary/aromatic N) is 2. The number of benzene rings is 1. The third kappa shape index (κ3) is 5.41. The minimum atomic E-state index is -0.111. The Labute approximate surface area is 145 Å². The maximum Gasteiger partial charge on any atom is 0.322 e. The molecule has 23 heavy (non-hydrogen) atoms. The van der Waals surface area contributed by atoms with E-state index in [2.05, 4.69) is 21.2 Å². The van der Waals surface area contributed by atoms with E-state index in [1.54, 1.807) is 12.0 Å². The summed E-state index contributed by atoms with van der Waals surface area (Å²) in [4.78, 5) is 14.4. The molecule has 0 saturated carbocycles. The van der Waals surface area contributed by atoms with Gasteiger partial charge in [0.25, 0.3) is 0 Å². The fraction of sp³-hybridized carbons (Fsp3) is 0.353. The average Bonchev–Trinajstić information content (AvgIpc) is 2.91. The SMILES string of the molecule is COCCCN(Cc1cccn1C)C(=O)Nc1cccc(Br)c1. The number of carbonyl (C=O) groups is 1. The second-order valence-electron chi connectivity index (χ2n) is 5.32. The van der Waals surface area contributed by atoms with Crippen LogP contribution < -0.4 is 5.32 Å². The molecule has 0 aliphatic heterocycles. The third-order valence-electron chi connectivity index (χ3n) is 3.54. The van der Waals surface area contributed by atoms with Crippen LogP contribution in [0, 0.1) is 0 Å². The summed E-state index contributed by atoms with van der Waals surface area (Å²) in [6.07, 6.45) is 2.78. The maximum atomic E-state index is 12.6. The normalized spacial score (nSPS) is 10.6. The van der Waals surface area contributed by atoms with Gasteiger partial charge < -0.3 is 19.5 Å². The fourth-order valence-electron chi connectivity index (χ4n) is 2.28. The van der Waals surface area contributed by atoms with Crippen molar-refractivity contribution in [2.45, 2.75) is 13.0 Å². The largest absolute Gasteiger partial charge is 0.385 e. The summed E-state index contributed by atoms with van der Waals surface area (Å²) in [5.41, 5.74) is 1.86. The number of rotatable bonds is 7. The molecule has 0 spiro atoms. The molecule has 124 valence electrons. The molecule has 1 aromatic heterocycles. The second-order valence-corrected chi connectivity index (χ2v) is 6.23. The van der Waals surface area contributed by atoms with Gasteiger partial charge in [-0.2, -0.15) is 0 Å². The highest BCUT2D eigenvalue weighted by molar-refractivity contribution is 9.10. The predicted molar refractivity (Wildman–Crippen MR) is 95.5 cm³/mol. The van der Waals surface area contributed by atoms with Crippen molar-refractivity contribution in [3.63, 3.8) is 0 Å². The van der Waals surface area contributed by atoms with Gasteiger partial charge in [-0.15, -0.1) is 0 Å². The highest BCUT2D eigenvalue weighted by atomic mass is 79.9. The van der Waals surface area contributed by atoms with Gasteiger partial charge >= 0.3 is 6.03 Å². The van der Waals surface area contributed by atoms with E-state index in [0.717, 1.165) is 22.3 Å². The van der Waals surface area contributed by atoms with Crippen LogP contribution >= 0.6 is 15.9 Å². The molecule has 0 fully saturated rings. The lowest BCUT2D eigenvalue weighted by Crippen LogP contribution is -2.36. The van der Waals surface area contributed by atoms with Gasteiger partial charge in [-0.1, -0.05) is 22.0 Å². The lowest BCUT2D eigenvalue weighted by molar-refractivity contribution is 0.171. The molecule has 1 N–H and O–H groups in total. The van der Waals surface area contributed by atoms with E-state index >= 15 is 0 Å². The molecule has 0 unspecified atom stereocenters. The molecule has 6 heteroatoms. The topological polar surface area (TPSA) is 46.5 Å². The van der Waals surface area contributed by atoms with E-state index < -0.39 is 0 Å². The average molecular weight is 380 g/mol. The highest BCUT2D eigenvalue weighted by Crippen LogP contribution is 2.16. The molecule has 0 aliphatic rings. The van der Waals surface area contributed by atoms with Gasteiger partial charge in [0.1, 0.15) is 0 Å². The van der Waals surface area contributed by atoms with Gasteiger partial charge in [-0.25, -0.2) is 4.79 Å². The molecular formula is C17H22BrN3O2. The Kier molecular flexibility index (Phi) is 6.67. The second kappa shape index (κ2) is 8.74. The van der Waals surface area contributed by atoms with Crippen LogP contribution in [0.1, 0.15) is 12.1 Å². The number of urea groups is 1. The van der Waals surface area contributed by atoms with Gasteiger partial charge in [0.2, 0.25) is 0 Å². The van der Waals surface area contributed by atoms with E-state index in [1.165, 1.54) is 0 Å². The van der Waals surface area contributed by atoms with Crippen molar-refractivity contribution in [1.29, 1.82) is 0 Å². The summed E-state index contributed by atoms with van der Waals surface area (Å²) < 4.78 is 8.05. The first-order chi connectivity index (χ1) is 11.1. The van der Waals surface area contributed by atoms with Gasteiger partial charge in [0.05, 0.1) is 6.54 Å². The summed E-state index contributed by atoms with van der Waals surface area (Å²) in [5.74, 6) is 0. The standard InChI is InChI=1S/C17H22BrN3O2/c1-20-9-4-8-16(20)13-21(10-5-11-23-2)17(22)19-15-7-3-6-14(18)12-15/h3-4,6-9,12H,5,10-11,13H2,1-2H3,(H,19,22). The molecule has 0 aliphatic carbocycles. The first-order valence-corrected chi connectivity index (χ1v) is 8.30. The molecule has 2 rings (SSSR count). The van der Waals surface area contributed by atoms with Crippen molar-refractivity contribution >= 4 is 27.6 Å². The van der Waals surface area contributed by atoms with Crippen molar-refractivity contribution < 1.29 is 9.53 Å². The number of ether oxygens (including phenoxy) is 1. The molecule has 5 nitrogen and oxygen atoms in total.